The molecule has 0 aromatic rings. The lowest BCUT2D eigenvalue weighted by Gasteiger charge is -2.13. The van der Waals surface area contributed by atoms with Crippen molar-refractivity contribution in [3.05, 3.63) is 0 Å². The Kier molecular flexibility index (Phi) is 7.18. The van der Waals surface area contributed by atoms with Gasteiger partial charge in [-0.1, -0.05) is 0 Å². The van der Waals surface area contributed by atoms with Crippen LogP contribution in [0.15, 0.2) is 0 Å². The highest BCUT2D eigenvalue weighted by atomic mass is 16.7. The van der Waals surface area contributed by atoms with Crippen LogP contribution in [0.2, 0.25) is 0 Å². The number of carbonyl (C=O) groups excluding carboxylic acids is 7. The summed E-state index contributed by atoms with van der Waals surface area (Å²) in [5, 5.41) is 3.11. The van der Waals surface area contributed by atoms with E-state index in [4.69, 9.17) is 0 Å². The SMILES string of the molecule is O=C(CCCCC(=O)ON1C(=O)CCC1=O)NCC(=O)ON1C(=O)CCC1=O. The van der Waals surface area contributed by atoms with Crippen molar-refractivity contribution in [1.29, 1.82) is 0 Å². The maximum Gasteiger partial charge on any atom is 0.352 e. The van der Waals surface area contributed by atoms with E-state index in [9.17, 15) is 33.6 Å². The first-order valence-electron chi connectivity index (χ1n) is 8.68. The second-order valence-corrected chi connectivity index (χ2v) is 6.07. The summed E-state index contributed by atoms with van der Waals surface area (Å²) < 4.78 is 0. The second kappa shape index (κ2) is 9.58. The Bertz CT molecular complexity index is 686. The van der Waals surface area contributed by atoms with E-state index >= 15 is 0 Å². The van der Waals surface area contributed by atoms with Gasteiger partial charge in [0.2, 0.25) is 5.91 Å². The summed E-state index contributed by atoms with van der Waals surface area (Å²) in [6.45, 7) is -0.517. The standard InChI is InChI=1S/C16H19N3O9/c20-10(17-9-16(26)28-19-13(23)7-8-14(19)24)3-1-2-4-15(25)27-18-11(21)5-6-12(18)22/h1-9H2,(H,17,20). The molecular weight excluding hydrogens is 378 g/mol. The Balaban J connectivity index is 1.56. The van der Waals surface area contributed by atoms with E-state index in [-0.39, 0.29) is 44.9 Å². The molecule has 5 amide bonds. The number of hydroxylamine groups is 4. The van der Waals surface area contributed by atoms with Gasteiger partial charge < -0.3 is 15.0 Å². The van der Waals surface area contributed by atoms with Crippen molar-refractivity contribution in [2.24, 2.45) is 0 Å². The predicted octanol–water partition coefficient (Wildman–Crippen LogP) is -1.12. The normalized spacial score (nSPS) is 16.6. The van der Waals surface area contributed by atoms with Gasteiger partial charge in [-0.25, -0.2) is 9.59 Å². The fourth-order valence-electron chi connectivity index (χ4n) is 2.41. The first-order valence-corrected chi connectivity index (χ1v) is 8.68. The zero-order chi connectivity index (χ0) is 20.7. The van der Waals surface area contributed by atoms with Crippen molar-refractivity contribution in [1.82, 2.24) is 15.4 Å². The topological polar surface area (TPSA) is 156 Å². The Morgan fingerprint density at radius 3 is 1.64 bits per heavy atom. The molecule has 0 unspecified atom stereocenters. The maximum absolute atomic E-state index is 11.6. The highest BCUT2D eigenvalue weighted by Gasteiger charge is 2.33. The first kappa shape index (κ1) is 21.0. The average molecular weight is 397 g/mol. The van der Waals surface area contributed by atoms with Crippen LogP contribution < -0.4 is 5.32 Å². The first-order chi connectivity index (χ1) is 13.3. The van der Waals surface area contributed by atoms with Gasteiger partial charge in [0, 0.05) is 38.5 Å². The molecule has 0 aliphatic carbocycles. The molecule has 152 valence electrons. The van der Waals surface area contributed by atoms with Gasteiger partial charge in [-0.15, -0.1) is 10.1 Å². The zero-order valence-corrected chi connectivity index (χ0v) is 14.9. The highest BCUT2D eigenvalue weighted by Crippen LogP contribution is 2.14. The average Bonchev–Trinajstić information content (AvgIpc) is 3.13. The lowest BCUT2D eigenvalue weighted by Crippen LogP contribution is -2.37. The number of carbonyl (C=O) groups is 7. The Morgan fingerprint density at radius 1 is 0.714 bits per heavy atom. The van der Waals surface area contributed by atoms with E-state index in [0.717, 1.165) is 0 Å². The summed E-state index contributed by atoms with van der Waals surface area (Å²) in [7, 11) is 0. The molecule has 2 aliphatic heterocycles. The van der Waals surface area contributed by atoms with Gasteiger partial charge in [0.05, 0.1) is 0 Å². The highest BCUT2D eigenvalue weighted by molar-refractivity contribution is 6.02. The van der Waals surface area contributed by atoms with Gasteiger partial charge in [0.25, 0.3) is 23.6 Å². The van der Waals surface area contributed by atoms with Gasteiger partial charge in [-0.2, -0.15) is 0 Å². The van der Waals surface area contributed by atoms with Crippen LogP contribution >= 0.6 is 0 Å². The van der Waals surface area contributed by atoms with E-state index in [1.807, 2.05) is 0 Å². The van der Waals surface area contributed by atoms with Crippen LogP contribution in [0.3, 0.4) is 0 Å². The van der Waals surface area contributed by atoms with E-state index < -0.39 is 48.0 Å². The summed E-state index contributed by atoms with van der Waals surface area (Å²) >= 11 is 0. The van der Waals surface area contributed by atoms with Crippen molar-refractivity contribution >= 4 is 41.5 Å². The molecule has 0 aromatic heterocycles. The summed E-state index contributed by atoms with van der Waals surface area (Å²) in [6.07, 6.45) is 0.436. The molecule has 0 atom stereocenters. The Hall–Kier alpha value is -3.31. The number of hydrogen-bond donors (Lipinski definition) is 1. The molecule has 12 nitrogen and oxygen atoms in total. The molecule has 1 N–H and O–H groups in total. The summed E-state index contributed by atoms with van der Waals surface area (Å²) in [5.41, 5.74) is 0. The van der Waals surface area contributed by atoms with Gasteiger partial charge in [-0.3, -0.25) is 24.0 Å². The molecule has 0 saturated carbocycles. The minimum absolute atomic E-state index is 0.00368. The molecule has 2 rings (SSSR count). The van der Waals surface area contributed by atoms with Gasteiger partial charge in [0.15, 0.2) is 0 Å². The fraction of sp³-hybridized carbons (Fsp3) is 0.562. The van der Waals surface area contributed by atoms with E-state index in [0.29, 0.717) is 16.5 Å². The number of hydrogen-bond acceptors (Lipinski definition) is 9. The molecule has 2 saturated heterocycles. The molecule has 12 heteroatoms. The lowest BCUT2D eigenvalue weighted by atomic mass is 10.2. The number of rotatable bonds is 9. The van der Waals surface area contributed by atoms with Crippen LogP contribution in [0.25, 0.3) is 0 Å². The molecule has 0 bridgehead atoms. The van der Waals surface area contributed by atoms with Crippen LogP contribution in [-0.2, 0) is 43.2 Å². The third-order valence-corrected chi connectivity index (χ3v) is 3.86. The van der Waals surface area contributed by atoms with Crippen molar-refractivity contribution in [3.63, 3.8) is 0 Å². The Labute approximate surface area is 159 Å². The number of nitrogens with zero attached hydrogens (tertiary/aromatic N) is 2. The summed E-state index contributed by atoms with van der Waals surface area (Å²) in [4.78, 5) is 89.2. The van der Waals surface area contributed by atoms with Crippen molar-refractivity contribution < 1.29 is 43.2 Å². The van der Waals surface area contributed by atoms with Gasteiger partial charge >= 0.3 is 11.9 Å². The second-order valence-electron chi connectivity index (χ2n) is 6.07. The minimum Gasteiger partial charge on any atom is -0.345 e. The predicted molar refractivity (Wildman–Crippen MR) is 85.8 cm³/mol. The number of imide groups is 2. The molecule has 0 aromatic carbocycles. The van der Waals surface area contributed by atoms with Crippen LogP contribution in [0.4, 0.5) is 0 Å². The van der Waals surface area contributed by atoms with E-state index in [1.165, 1.54) is 0 Å². The van der Waals surface area contributed by atoms with Crippen molar-refractivity contribution in [3.8, 4) is 0 Å². The molecule has 0 spiro atoms. The number of unbranched alkanes of at least 4 members (excludes halogenated alkanes) is 1. The van der Waals surface area contributed by atoms with Gasteiger partial charge in [0.1, 0.15) is 6.54 Å². The molecule has 2 fully saturated rings. The van der Waals surface area contributed by atoms with Crippen molar-refractivity contribution in [2.45, 2.75) is 51.4 Å². The van der Waals surface area contributed by atoms with Gasteiger partial charge in [-0.05, 0) is 12.8 Å². The summed E-state index contributed by atoms with van der Waals surface area (Å²) in [6, 6.07) is 0. The third kappa shape index (κ3) is 5.86. The quantitative estimate of drug-likeness (QED) is 0.376. The van der Waals surface area contributed by atoms with Crippen LogP contribution in [-0.4, -0.2) is 58.1 Å². The summed E-state index contributed by atoms with van der Waals surface area (Å²) in [5.74, 6) is -4.58. The van der Waals surface area contributed by atoms with Crippen LogP contribution in [0, 0.1) is 0 Å². The lowest BCUT2D eigenvalue weighted by molar-refractivity contribution is -0.197. The monoisotopic (exact) mass is 397 g/mol. The molecule has 28 heavy (non-hydrogen) atoms. The number of nitrogens with one attached hydrogen (secondary N) is 1. The van der Waals surface area contributed by atoms with Crippen LogP contribution in [0.1, 0.15) is 51.4 Å². The Morgan fingerprint density at radius 2 is 1.14 bits per heavy atom. The number of amides is 5. The zero-order valence-electron chi connectivity index (χ0n) is 14.9. The van der Waals surface area contributed by atoms with E-state index in [2.05, 4.69) is 15.0 Å². The van der Waals surface area contributed by atoms with E-state index in [1.54, 1.807) is 0 Å². The third-order valence-electron chi connectivity index (χ3n) is 3.86. The molecule has 0 radical (unpaired) electrons. The molecule has 2 aliphatic rings. The molecular formula is C16H19N3O9. The minimum atomic E-state index is -0.958. The molecule has 2 heterocycles. The van der Waals surface area contributed by atoms with Crippen LogP contribution in [0.5, 0.6) is 0 Å². The van der Waals surface area contributed by atoms with Crippen molar-refractivity contribution in [2.75, 3.05) is 6.54 Å². The fourth-order valence-corrected chi connectivity index (χ4v) is 2.41. The maximum atomic E-state index is 11.6. The largest absolute Gasteiger partial charge is 0.352 e. The smallest absolute Gasteiger partial charge is 0.345 e.